The summed E-state index contributed by atoms with van der Waals surface area (Å²) in [7, 11) is 3.57. The van der Waals surface area contributed by atoms with Crippen LogP contribution in [0.25, 0.3) is 0 Å². The number of nitrogens with one attached hydrogen (secondary N) is 1. The van der Waals surface area contributed by atoms with Crippen molar-refractivity contribution in [2.24, 2.45) is 5.84 Å². The van der Waals surface area contributed by atoms with E-state index in [4.69, 9.17) is 10.6 Å². The van der Waals surface area contributed by atoms with E-state index in [1.54, 1.807) is 13.2 Å². The molecule has 2 aromatic rings. The fraction of sp³-hybridized carbons (Fsp3) is 0.231. The molecule has 106 valence electrons. The molecule has 6 nitrogen and oxygen atoms in total. The third-order valence-corrected chi connectivity index (χ3v) is 3.36. The minimum absolute atomic E-state index is 0.570. The first kappa shape index (κ1) is 14.4. The van der Waals surface area contributed by atoms with Crippen molar-refractivity contribution in [3.8, 4) is 5.75 Å². The van der Waals surface area contributed by atoms with E-state index >= 15 is 0 Å². The normalized spacial score (nSPS) is 10.2. The number of rotatable bonds is 5. The van der Waals surface area contributed by atoms with Crippen molar-refractivity contribution in [1.29, 1.82) is 0 Å². The van der Waals surface area contributed by atoms with E-state index in [9.17, 15) is 0 Å². The lowest BCUT2D eigenvalue weighted by atomic mass is 10.2. The zero-order chi connectivity index (χ0) is 14.5. The smallest absolute Gasteiger partial charge is 0.191 e. The maximum absolute atomic E-state index is 5.44. The number of benzene rings is 1. The molecule has 0 bridgehead atoms. The molecule has 1 aromatic carbocycles. The maximum atomic E-state index is 5.44. The van der Waals surface area contributed by atoms with Crippen LogP contribution < -0.4 is 20.9 Å². The summed E-state index contributed by atoms with van der Waals surface area (Å²) in [4.78, 5) is 10.7. The first-order valence-electron chi connectivity index (χ1n) is 5.96. The highest BCUT2D eigenvalue weighted by molar-refractivity contribution is 7.98. The molecule has 0 radical (unpaired) electrons. The van der Waals surface area contributed by atoms with E-state index in [1.165, 1.54) is 11.8 Å². The molecule has 0 amide bonds. The van der Waals surface area contributed by atoms with Crippen molar-refractivity contribution in [2.75, 3.05) is 30.7 Å². The molecule has 0 aliphatic carbocycles. The van der Waals surface area contributed by atoms with E-state index in [1.807, 2.05) is 42.5 Å². The highest BCUT2D eigenvalue weighted by Gasteiger charge is 2.13. The Morgan fingerprint density at radius 1 is 1.30 bits per heavy atom. The molecule has 3 N–H and O–H groups in total. The van der Waals surface area contributed by atoms with Gasteiger partial charge in [0.2, 0.25) is 0 Å². The fourth-order valence-corrected chi connectivity index (χ4v) is 2.15. The molecular weight excluding hydrogens is 274 g/mol. The van der Waals surface area contributed by atoms with Gasteiger partial charge in [0.15, 0.2) is 5.16 Å². The van der Waals surface area contributed by atoms with E-state index in [-0.39, 0.29) is 0 Å². The molecule has 7 heteroatoms. The van der Waals surface area contributed by atoms with Crippen LogP contribution in [0.15, 0.2) is 35.5 Å². The number of nitrogens with two attached hydrogens (primary N) is 1. The summed E-state index contributed by atoms with van der Waals surface area (Å²) in [5, 5.41) is 0.650. The van der Waals surface area contributed by atoms with Gasteiger partial charge in [0, 0.05) is 13.1 Å². The van der Waals surface area contributed by atoms with Gasteiger partial charge in [-0.2, -0.15) is 0 Å². The van der Waals surface area contributed by atoms with E-state index in [2.05, 4.69) is 15.4 Å². The average molecular weight is 291 g/mol. The molecule has 1 aromatic heterocycles. The van der Waals surface area contributed by atoms with Crippen LogP contribution in [0.2, 0.25) is 0 Å². The molecule has 0 aliphatic rings. The van der Waals surface area contributed by atoms with E-state index < -0.39 is 0 Å². The number of nitrogens with zero attached hydrogens (tertiary/aromatic N) is 3. The van der Waals surface area contributed by atoms with Gasteiger partial charge in [-0.1, -0.05) is 23.9 Å². The van der Waals surface area contributed by atoms with Gasteiger partial charge in [-0.05, 0) is 18.4 Å². The van der Waals surface area contributed by atoms with Crippen LogP contribution in [0.5, 0.6) is 5.75 Å². The summed E-state index contributed by atoms with van der Waals surface area (Å²) >= 11 is 1.46. The van der Waals surface area contributed by atoms with Gasteiger partial charge in [0.05, 0.1) is 12.8 Å². The number of anilines is 3. The van der Waals surface area contributed by atoms with Crippen molar-refractivity contribution in [1.82, 2.24) is 9.97 Å². The highest BCUT2D eigenvalue weighted by Crippen LogP contribution is 2.32. The van der Waals surface area contributed by atoms with Gasteiger partial charge in [-0.3, -0.25) is 0 Å². The zero-order valence-electron chi connectivity index (χ0n) is 11.6. The second kappa shape index (κ2) is 6.44. The van der Waals surface area contributed by atoms with E-state index in [0.29, 0.717) is 11.0 Å². The number of nitrogen functional groups attached to an aromatic ring is 1. The van der Waals surface area contributed by atoms with Crippen LogP contribution in [0.4, 0.5) is 17.3 Å². The summed E-state index contributed by atoms with van der Waals surface area (Å²) in [5.74, 6) is 7.53. The zero-order valence-corrected chi connectivity index (χ0v) is 12.4. The Morgan fingerprint density at radius 3 is 2.70 bits per heavy atom. The standard InChI is InChI=1S/C13H17N5OS/c1-18(9-6-4-5-7-10(9)19-2)12-8-11(17-14)15-13(16-12)20-3/h4-8H,14H2,1-3H3,(H,15,16,17). The number of ether oxygens (including phenoxy) is 1. The first-order valence-corrected chi connectivity index (χ1v) is 7.18. The molecule has 0 saturated carbocycles. The molecule has 0 unspecified atom stereocenters. The SMILES string of the molecule is COc1ccccc1N(C)c1cc(NN)nc(SC)n1. The lowest BCUT2D eigenvalue weighted by Gasteiger charge is -2.21. The average Bonchev–Trinajstić information content (AvgIpc) is 2.53. The Morgan fingerprint density at radius 2 is 2.05 bits per heavy atom. The molecule has 0 saturated heterocycles. The Labute approximate surface area is 122 Å². The van der Waals surface area contributed by atoms with Crippen LogP contribution in [-0.2, 0) is 0 Å². The van der Waals surface area contributed by atoms with Gasteiger partial charge in [-0.15, -0.1) is 0 Å². The summed E-state index contributed by atoms with van der Waals surface area (Å²) in [6, 6.07) is 9.54. The molecule has 0 aliphatic heterocycles. The van der Waals surface area contributed by atoms with Crippen molar-refractivity contribution in [3.63, 3.8) is 0 Å². The van der Waals surface area contributed by atoms with Gasteiger partial charge < -0.3 is 15.1 Å². The maximum Gasteiger partial charge on any atom is 0.191 e. The summed E-state index contributed by atoms with van der Waals surface area (Å²) in [5.41, 5.74) is 3.47. The van der Waals surface area contributed by atoms with Crippen LogP contribution in [-0.4, -0.2) is 30.4 Å². The topological polar surface area (TPSA) is 76.3 Å². The van der Waals surface area contributed by atoms with Gasteiger partial charge in [0.1, 0.15) is 17.4 Å². The Kier molecular flexibility index (Phi) is 4.65. The summed E-state index contributed by atoms with van der Waals surface area (Å²) in [6.07, 6.45) is 1.92. The largest absolute Gasteiger partial charge is 0.495 e. The molecule has 0 atom stereocenters. The van der Waals surface area contributed by atoms with Gasteiger partial charge in [0.25, 0.3) is 0 Å². The lowest BCUT2D eigenvalue weighted by Crippen LogP contribution is -2.15. The van der Waals surface area contributed by atoms with E-state index in [0.717, 1.165) is 17.3 Å². The Balaban J connectivity index is 2.44. The molecule has 1 heterocycles. The number of methoxy groups -OCH3 is 1. The van der Waals surface area contributed by atoms with Crippen LogP contribution in [0.3, 0.4) is 0 Å². The minimum Gasteiger partial charge on any atom is -0.495 e. The quantitative estimate of drug-likeness (QED) is 0.379. The number of aromatic nitrogens is 2. The third-order valence-electron chi connectivity index (χ3n) is 2.81. The summed E-state index contributed by atoms with van der Waals surface area (Å²) < 4.78 is 5.37. The Bertz CT molecular complexity index is 570. The number of hydrogen-bond acceptors (Lipinski definition) is 7. The minimum atomic E-state index is 0.570. The number of thioether (sulfide) groups is 1. The number of hydrazine groups is 1. The molecule has 0 fully saturated rings. The van der Waals surface area contributed by atoms with Gasteiger partial charge in [-0.25, -0.2) is 15.8 Å². The monoisotopic (exact) mass is 291 g/mol. The molecule has 2 rings (SSSR count). The van der Waals surface area contributed by atoms with Crippen LogP contribution >= 0.6 is 11.8 Å². The summed E-state index contributed by atoms with van der Waals surface area (Å²) in [6.45, 7) is 0. The van der Waals surface area contributed by atoms with Crippen molar-refractivity contribution >= 4 is 29.1 Å². The number of hydrogen-bond donors (Lipinski definition) is 2. The predicted octanol–water partition coefficient (Wildman–Crippen LogP) is 2.26. The first-order chi connectivity index (χ1) is 9.69. The third kappa shape index (κ3) is 2.94. The van der Waals surface area contributed by atoms with Crippen molar-refractivity contribution in [3.05, 3.63) is 30.3 Å². The number of para-hydroxylation sites is 2. The molecule has 0 spiro atoms. The second-order valence-electron chi connectivity index (χ2n) is 3.97. The van der Waals surface area contributed by atoms with Crippen LogP contribution in [0, 0.1) is 0 Å². The van der Waals surface area contributed by atoms with Crippen molar-refractivity contribution in [2.45, 2.75) is 5.16 Å². The molecular formula is C13H17N5OS. The highest BCUT2D eigenvalue weighted by atomic mass is 32.2. The predicted molar refractivity (Wildman–Crippen MR) is 82.7 cm³/mol. The molecule has 20 heavy (non-hydrogen) atoms. The Hall–Kier alpha value is -1.99. The van der Waals surface area contributed by atoms with Gasteiger partial charge >= 0.3 is 0 Å². The lowest BCUT2D eigenvalue weighted by molar-refractivity contribution is 0.415. The van der Waals surface area contributed by atoms with Crippen LogP contribution in [0.1, 0.15) is 0 Å². The van der Waals surface area contributed by atoms with Crippen molar-refractivity contribution < 1.29 is 4.74 Å². The second-order valence-corrected chi connectivity index (χ2v) is 4.75. The fourth-order valence-electron chi connectivity index (χ4n) is 1.78.